The van der Waals surface area contributed by atoms with Crippen molar-refractivity contribution < 1.29 is 14.7 Å². The lowest BCUT2D eigenvalue weighted by Crippen LogP contribution is -2.22. The van der Waals surface area contributed by atoms with Crippen molar-refractivity contribution in [3.8, 4) is 0 Å². The van der Waals surface area contributed by atoms with E-state index in [-0.39, 0.29) is 21.7 Å². The van der Waals surface area contributed by atoms with E-state index in [0.717, 1.165) is 0 Å². The molecule has 0 aliphatic rings. The fraction of sp³-hybridized carbons (Fsp3) is 0.273. The molecule has 1 unspecified atom stereocenters. The van der Waals surface area contributed by atoms with Crippen LogP contribution in [0.1, 0.15) is 17.3 Å². The number of carbonyl (C=O) groups is 2. The predicted molar refractivity (Wildman–Crippen MR) is 70.0 cm³/mol. The fourth-order valence-corrected chi connectivity index (χ4v) is 1.59. The van der Waals surface area contributed by atoms with E-state index in [0.29, 0.717) is 5.69 Å². The number of thioether (sulfide) groups is 1. The Hall–Kier alpha value is -1.20. The molecule has 0 aromatic heterocycles. The van der Waals surface area contributed by atoms with Crippen LogP contribution in [0.5, 0.6) is 0 Å². The number of benzene rings is 1. The Labute approximate surface area is 108 Å². The maximum absolute atomic E-state index is 11.6. The Balaban J connectivity index is 2.90. The number of carboxylic acids is 1. The van der Waals surface area contributed by atoms with Crippen molar-refractivity contribution in [3.05, 3.63) is 28.8 Å². The number of hydrogen-bond donors (Lipinski definition) is 2. The molecule has 17 heavy (non-hydrogen) atoms. The minimum Gasteiger partial charge on any atom is -0.478 e. The molecule has 0 radical (unpaired) electrons. The molecule has 1 rings (SSSR count). The van der Waals surface area contributed by atoms with Crippen LogP contribution in [0.15, 0.2) is 18.2 Å². The molecule has 92 valence electrons. The van der Waals surface area contributed by atoms with Crippen molar-refractivity contribution in [3.63, 3.8) is 0 Å². The molecule has 0 saturated carbocycles. The maximum Gasteiger partial charge on any atom is 0.337 e. The topological polar surface area (TPSA) is 66.4 Å². The van der Waals surface area contributed by atoms with Gasteiger partial charge in [0.2, 0.25) is 5.91 Å². The summed E-state index contributed by atoms with van der Waals surface area (Å²) in [5, 5.41) is 11.5. The molecule has 0 saturated heterocycles. The molecule has 4 nitrogen and oxygen atoms in total. The number of carbonyl (C=O) groups excluding carboxylic acids is 1. The van der Waals surface area contributed by atoms with Gasteiger partial charge in [-0.15, -0.1) is 0 Å². The van der Waals surface area contributed by atoms with Gasteiger partial charge in [0.25, 0.3) is 0 Å². The highest BCUT2D eigenvalue weighted by Gasteiger charge is 2.14. The molecule has 0 bridgehead atoms. The molecule has 0 heterocycles. The second-order valence-corrected chi connectivity index (χ2v) is 4.95. The molecule has 1 aromatic carbocycles. The van der Waals surface area contributed by atoms with E-state index in [2.05, 4.69) is 5.32 Å². The van der Waals surface area contributed by atoms with E-state index >= 15 is 0 Å². The van der Waals surface area contributed by atoms with Crippen molar-refractivity contribution >= 4 is 40.9 Å². The lowest BCUT2D eigenvalue weighted by atomic mass is 10.2. The zero-order chi connectivity index (χ0) is 13.0. The Morgan fingerprint density at radius 3 is 2.65 bits per heavy atom. The third kappa shape index (κ3) is 3.64. The maximum atomic E-state index is 11.6. The average molecular weight is 274 g/mol. The van der Waals surface area contributed by atoms with Gasteiger partial charge in [0.15, 0.2) is 0 Å². The minimum atomic E-state index is -1.12. The summed E-state index contributed by atoms with van der Waals surface area (Å²) in [6.45, 7) is 1.77. The number of nitrogens with one attached hydrogen (secondary N) is 1. The van der Waals surface area contributed by atoms with Crippen LogP contribution < -0.4 is 5.32 Å². The highest BCUT2D eigenvalue weighted by molar-refractivity contribution is 7.99. The zero-order valence-electron chi connectivity index (χ0n) is 9.36. The molecule has 2 N–H and O–H groups in total. The molecular weight excluding hydrogens is 262 g/mol. The standard InChI is InChI=1S/C11H12ClNO3S/c1-6(17-2)10(14)13-7-3-4-9(12)8(5-7)11(15)16/h3-6H,1-2H3,(H,13,14)(H,15,16). The number of anilines is 1. The lowest BCUT2D eigenvalue weighted by Gasteiger charge is -2.10. The third-order valence-electron chi connectivity index (χ3n) is 2.19. The number of aromatic carboxylic acids is 1. The highest BCUT2D eigenvalue weighted by atomic mass is 35.5. The van der Waals surface area contributed by atoms with Gasteiger partial charge in [-0.3, -0.25) is 4.79 Å². The number of halogens is 1. The first-order valence-electron chi connectivity index (χ1n) is 4.82. The van der Waals surface area contributed by atoms with Crippen LogP contribution in [0, 0.1) is 0 Å². The quantitative estimate of drug-likeness (QED) is 0.885. The molecule has 0 aliphatic carbocycles. The normalized spacial score (nSPS) is 11.9. The van der Waals surface area contributed by atoms with Crippen LogP contribution in [0.2, 0.25) is 5.02 Å². The molecular formula is C11H12ClNO3S. The van der Waals surface area contributed by atoms with Gasteiger partial charge in [-0.2, -0.15) is 11.8 Å². The van der Waals surface area contributed by atoms with E-state index < -0.39 is 5.97 Å². The molecule has 0 spiro atoms. The summed E-state index contributed by atoms with van der Waals surface area (Å²) in [5.74, 6) is -1.29. The largest absolute Gasteiger partial charge is 0.478 e. The average Bonchev–Trinajstić information content (AvgIpc) is 2.30. The summed E-state index contributed by atoms with van der Waals surface area (Å²) >= 11 is 7.13. The number of rotatable bonds is 4. The Bertz CT molecular complexity index is 450. The van der Waals surface area contributed by atoms with Crippen LogP contribution in [0.4, 0.5) is 5.69 Å². The highest BCUT2D eigenvalue weighted by Crippen LogP contribution is 2.21. The summed E-state index contributed by atoms with van der Waals surface area (Å²) in [4.78, 5) is 22.4. The van der Waals surface area contributed by atoms with E-state index in [1.54, 1.807) is 13.0 Å². The van der Waals surface area contributed by atoms with E-state index in [1.807, 2.05) is 6.26 Å². The molecule has 1 amide bonds. The molecule has 0 fully saturated rings. The number of hydrogen-bond acceptors (Lipinski definition) is 3. The third-order valence-corrected chi connectivity index (χ3v) is 3.44. The van der Waals surface area contributed by atoms with Gasteiger partial charge < -0.3 is 10.4 Å². The Kier molecular flexibility index (Phi) is 4.84. The molecule has 1 aromatic rings. The van der Waals surface area contributed by atoms with Crippen LogP contribution in [-0.2, 0) is 4.79 Å². The second-order valence-electron chi connectivity index (χ2n) is 3.37. The smallest absolute Gasteiger partial charge is 0.337 e. The predicted octanol–water partition coefficient (Wildman–Crippen LogP) is 2.73. The Morgan fingerprint density at radius 1 is 1.47 bits per heavy atom. The van der Waals surface area contributed by atoms with Crippen molar-refractivity contribution in [2.45, 2.75) is 12.2 Å². The molecule has 6 heteroatoms. The van der Waals surface area contributed by atoms with Gasteiger partial charge in [-0.05, 0) is 31.4 Å². The second kappa shape index (κ2) is 5.93. The lowest BCUT2D eigenvalue weighted by molar-refractivity contribution is -0.115. The van der Waals surface area contributed by atoms with Gasteiger partial charge in [0.05, 0.1) is 15.8 Å². The first-order chi connectivity index (χ1) is 7.95. The summed E-state index contributed by atoms with van der Waals surface area (Å²) in [6.07, 6.45) is 1.83. The Morgan fingerprint density at radius 2 is 2.12 bits per heavy atom. The van der Waals surface area contributed by atoms with Crippen molar-refractivity contribution in [2.24, 2.45) is 0 Å². The monoisotopic (exact) mass is 273 g/mol. The van der Waals surface area contributed by atoms with Gasteiger partial charge in [-0.25, -0.2) is 4.79 Å². The van der Waals surface area contributed by atoms with Crippen molar-refractivity contribution in [1.29, 1.82) is 0 Å². The van der Waals surface area contributed by atoms with Gasteiger partial charge in [-0.1, -0.05) is 11.6 Å². The fourth-order valence-electron chi connectivity index (χ4n) is 1.12. The molecule has 0 aliphatic heterocycles. The van der Waals surface area contributed by atoms with E-state index in [4.69, 9.17) is 16.7 Å². The summed E-state index contributed by atoms with van der Waals surface area (Å²) in [6, 6.07) is 4.36. The van der Waals surface area contributed by atoms with Gasteiger partial charge in [0.1, 0.15) is 0 Å². The van der Waals surface area contributed by atoms with Crippen LogP contribution in [0.25, 0.3) is 0 Å². The summed E-state index contributed by atoms with van der Waals surface area (Å²) in [7, 11) is 0. The minimum absolute atomic E-state index is 0.0266. The summed E-state index contributed by atoms with van der Waals surface area (Å²) < 4.78 is 0. The van der Waals surface area contributed by atoms with Crippen LogP contribution >= 0.6 is 23.4 Å². The first kappa shape index (κ1) is 13.9. The van der Waals surface area contributed by atoms with Crippen molar-refractivity contribution in [2.75, 3.05) is 11.6 Å². The number of carboxylic acid groups (broad SMARTS) is 1. The zero-order valence-corrected chi connectivity index (χ0v) is 10.9. The first-order valence-corrected chi connectivity index (χ1v) is 6.48. The van der Waals surface area contributed by atoms with Crippen molar-refractivity contribution in [1.82, 2.24) is 0 Å². The number of amides is 1. The SMILES string of the molecule is CSC(C)C(=O)Nc1ccc(Cl)c(C(=O)O)c1. The van der Waals surface area contributed by atoms with E-state index in [9.17, 15) is 9.59 Å². The summed E-state index contributed by atoms with van der Waals surface area (Å²) in [5.41, 5.74) is 0.402. The van der Waals surface area contributed by atoms with E-state index in [1.165, 1.54) is 23.9 Å². The molecule has 1 atom stereocenters. The van der Waals surface area contributed by atoms with Crippen LogP contribution in [-0.4, -0.2) is 28.5 Å². The van der Waals surface area contributed by atoms with Gasteiger partial charge in [0, 0.05) is 5.69 Å². The van der Waals surface area contributed by atoms with Crippen LogP contribution in [0.3, 0.4) is 0 Å². The van der Waals surface area contributed by atoms with Gasteiger partial charge >= 0.3 is 5.97 Å².